The van der Waals surface area contributed by atoms with Crippen molar-refractivity contribution >= 4 is 50.6 Å². The molecular weight excluding hydrogens is 487 g/mol. The Kier molecular flexibility index (Phi) is 6.15. The number of carbonyl (C=O) groups is 1. The molecule has 4 heteroatoms. The fourth-order valence-corrected chi connectivity index (χ4v) is 8.18. The molecule has 0 saturated carbocycles. The van der Waals surface area contributed by atoms with Gasteiger partial charge in [0.25, 0.3) is 0 Å². The number of methoxy groups -OCH3 is 1. The van der Waals surface area contributed by atoms with Crippen LogP contribution in [-0.4, -0.2) is 13.1 Å². The van der Waals surface area contributed by atoms with Gasteiger partial charge >= 0.3 is 5.97 Å². The van der Waals surface area contributed by atoms with Gasteiger partial charge in [-0.1, -0.05) is 121 Å². The Hall–Kier alpha value is -4.46. The van der Waals surface area contributed by atoms with Crippen LogP contribution in [0.4, 0.5) is 0 Å². The van der Waals surface area contributed by atoms with Crippen LogP contribution >= 0.6 is 7.14 Å². The van der Waals surface area contributed by atoms with Gasteiger partial charge in [0.15, 0.2) is 7.14 Å². The second kappa shape index (κ2) is 9.78. The molecule has 0 bridgehead atoms. The number of fused-ring (bicyclic) bond motifs is 2. The van der Waals surface area contributed by atoms with E-state index >= 15 is 4.57 Å². The molecule has 0 atom stereocenters. The van der Waals surface area contributed by atoms with E-state index < -0.39 is 13.1 Å². The van der Waals surface area contributed by atoms with Gasteiger partial charge in [-0.2, -0.15) is 0 Å². The molecule has 6 rings (SSSR count). The lowest BCUT2D eigenvalue weighted by atomic mass is 9.90. The van der Waals surface area contributed by atoms with Crippen molar-refractivity contribution in [3.8, 4) is 11.1 Å². The minimum absolute atomic E-state index is 0.432. The van der Waals surface area contributed by atoms with Crippen molar-refractivity contribution in [2.45, 2.75) is 0 Å². The van der Waals surface area contributed by atoms with Gasteiger partial charge in [-0.3, -0.25) is 0 Å². The van der Waals surface area contributed by atoms with Crippen molar-refractivity contribution in [3.63, 3.8) is 0 Å². The summed E-state index contributed by atoms with van der Waals surface area (Å²) < 4.78 is 20.9. The van der Waals surface area contributed by atoms with Gasteiger partial charge in [-0.15, -0.1) is 0 Å². The highest BCUT2D eigenvalue weighted by atomic mass is 31.2. The lowest BCUT2D eigenvalue weighted by molar-refractivity contribution is 0.0602. The predicted octanol–water partition coefficient (Wildman–Crippen LogP) is 7.09. The molecule has 0 aliphatic heterocycles. The minimum Gasteiger partial charge on any atom is -0.465 e. The highest BCUT2D eigenvalue weighted by molar-refractivity contribution is 7.85. The summed E-state index contributed by atoms with van der Waals surface area (Å²) in [4.78, 5) is 13.2. The second-order valence-electron chi connectivity index (χ2n) is 9.16. The summed E-state index contributed by atoms with van der Waals surface area (Å²) in [6, 6.07) is 43.0. The monoisotopic (exact) mass is 512 g/mol. The average molecular weight is 513 g/mol. The summed E-state index contributed by atoms with van der Waals surface area (Å²) >= 11 is 0. The third-order valence-electron chi connectivity index (χ3n) is 7.07. The predicted molar refractivity (Wildman–Crippen MR) is 158 cm³/mol. The quantitative estimate of drug-likeness (QED) is 0.183. The van der Waals surface area contributed by atoms with Crippen LogP contribution in [0.15, 0.2) is 133 Å². The van der Waals surface area contributed by atoms with Crippen LogP contribution in [0.25, 0.3) is 32.7 Å². The van der Waals surface area contributed by atoms with E-state index in [1.807, 2.05) is 133 Å². The second-order valence-corrected chi connectivity index (χ2v) is 11.9. The first-order chi connectivity index (χ1) is 18.6. The molecule has 0 aromatic heterocycles. The maximum Gasteiger partial charge on any atom is 0.338 e. The van der Waals surface area contributed by atoms with Gasteiger partial charge in [0.2, 0.25) is 0 Å². The number of carbonyl (C=O) groups excluding carboxylic acids is 1. The van der Waals surface area contributed by atoms with Gasteiger partial charge in [0.1, 0.15) is 0 Å². The molecule has 0 aliphatic carbocycles. The van der Waals surface area contributed by atoms with E-state index in [0.29, 0.717) is 10.9 Å². The fraction of sp³-hybridized carbons (Fsp3) is 0.0294. The van der Waals surface area contributed by atoms with Gasteiger partial charge in [0, 0.05) is 27.0 Å². The maximum atomic E-state index is 15.6. The van der Waals surface area contributed by atoms with Crippen molar-refractivity contribution < 1.29 is 14.1 Å². The van der Waals surface area contributed by atoms with Crippen LogP contribution in [0.3, 0.4) is 0 Å². The topological polar surface area (TPSA) is 43.4 Å². The molecular formula is C34H25O3P. The van der Waals surface area contributed by atoms with E-state index in [1.54, 1.807) is 0 Å². The lowest BCUT2D eigenvalue weighted by Gasteiger charge is -2.25. The molecule has 0 fully saturated rings. The molecule has 3 nitrogen and oxygen atoms in total. The van der Waals surface area contributed by atoms with Crippen molar-refractivity contribution in [1.82, 2.24) is 0 Å². The summed E-state index contributed by atoms with van der Waals surface area (Å²) in [5.41, 5.74) is 1.96. The largest absolute Gasteiger partial charge is 0.465 e. The molecule has 38 heavy (non-hydrogen) atoms. The van der Waals surface area contributed by atoms with Gasteiger partial charge < -0.3 is 9.30 Å². The number of benzene rings is 6. The fourth-order valence-electron chi connectivity index (χ4n) is 5.31. The van der Waals surface area contributed by atoms with E-state index in [4.69, 9.17) is 4.74 Å². The van der Waals surface area contributed by atoms with Crippen LogP contribution in [0.1, 0.15) is 10.4 Å². The molecule has 0 N–H and O–H groups in total. The highest BCUT2D eigenvalue weighted by Crippen LogP contribution is 2.48. The molecule has 0 unspecified atom stereocenters. The number of hydrogen-bond donors (Lipinski definition) is 0. The first kappa shape index (κ1) is 23.9. The molecule has 6 aromatic rings. The third-order valence-corrected chi connectivity index (χ3v) is 10.2. The Morgan fingerprint density at radius 1 is 0.553 bits per heavy atom. The minimum atomic E-state index is -3.37. The Labute approximate surface area is 221 Å². The van der Waals surface area contributed by atoms with Crippen molar-refractivity contribution in [2.24, 2.45) is 0 Å². The average Bonchev–Trinajstić information content (AvgIpc) is 3.00. The van der Waals surface area contributed by atoms with Crippen LogP contribution < -0.4 is 15.9 Å². The molecule has 0 aliphatic rings. The molecule has 0 heterocycles. The Morgan fingerprint density at radius 2 is 1.03 bits per heavy atom. The van der Waals surface area contributed by atoms with Crippen LogP contribution in [0.2, 0.25) is 0 Å². The van der Waals surface area contributed by atoms with E-state index in [-0.39, 0.29) is 0 Å². The number of hydrogen-bond acceptors (Lipinski definition) is 3. The number of rotatable bonds is 5. The molecule has 0 radical (unpaired) electrons. The molecule has 6 aromatic carbocycles. The van der Waals surface area contributed by atoms with E-state index in [1.165, 1.54) is 7.11 Å². The van der Waals surface area contributed by atoms with Crippen molar-refractivity contribution in [3.05, 3.63) is 139 Å². The van der Waals surface area contributed by atoms with E-state index in [9.17, 15) is 4.79 Å². The van der Waals surface area contributed by atoms with E-state index in [2.05, 4.69) is 0 Å². The molecule has 184 valence electrons. The summed E-state index contributed by atoms with van der Waals surface area (Å²) in [6.45, 7) is 0. The zero-order valence-electron chi connectivity index (χ0n) is 20.9. The third kappa shape index (κ3) is 3.84. The standard InChI is InChI=1S/C34H25O3P/c1-37-34(35)30-22-20-24-12-8-10-18-28(24)32(30)33-29-19-11-9-13-25(29)21-23-31(33)38(36,26-14-4-2-5-15-26)27-16-6-3-7-17-27/h2-23H,1H3. The maximum absolute atomic E-state index is 15.6. The van der Waals surface area contributed by atoms with Crippen molar-refractivity contribution in [1.29, 1.82) is 0 Å². The van der Waals surface area contributed by atoms with Gasteiger partial charge in [0.05, 0.1) is 12.7 Å². The zero-order chi connectivity index (χ0) is 26.1. The normalized spacial score (nSPS) is 11.5. The Bertz CT molecular complexity index is 1800. The zero-order valence-corrected chi connectivity index (χ0v) is 21.8. The highest BCUT2D eigenvalue weighted by Gasteiger charge is 2.34. The van der Waals surface area contributed by atoms with Gasteiger partial charge in [-0.25, -0.2) is 4.79 Å². The summed E-state index contributed by atoms with van der Waals surface area (Å²) in [7, 11) is -1.98. The smallest absolute Gasteiger partial charge is 0.338 e. The number of ether oxygens (including phenoxy) is 1. The summed E-state index contributed by atoms with van der Waals surface area (Å²) in [6.07, 6.45) is 0. The molecule has 0 amide bonds. The molecule has 0 saturated heterocycles. The van der Waals surface area contributed by atoms with Crippen LogP contribution in [0.5, 0.6) is 0 Å². The van der Waals surface area contributed by atoms with Gasteiger partial charge in [-0.05, 0) is 33.7 Å². The molecule has 0 spiro atoms. The Morgan fingerprint density at radius 3 is 1.58 bits per heavy atom. The Balaban J connectivity index is 1.84. The van der Waals surface area contributed by atoms with Crippen molar-refractivity contribution in [2.75, 3.05) is 7.11 Å². The van der Waals surface area contributed by atoms with Crippen LogP contribution in [0, 0.1) is 0 Å². The SMILES string of the molecule is COC(=O)c1ccc2ccccc2c1-c1c(P(=O)(c2ccccc2)c2ccccc2)ccc2ccccc12. The summed E-state index contributed by atoms with van der Waals surface area (Å²) in [5, 5.41) is 5.99. The van der Waals surface area contributed by atoms with Crippen LogP contribution in [-0.2, 0) is 9.30 Å². The number of esters is 1. The summed E-state index contributed by atoms with van der Waals surface area (Å²) in [5.74, 6) is -0.432. The lowest BCUT2D eigenvalue weighted by Crippen LogP contribution is -2.27. The first-order valence-electron chi connectivity index (χ1n) is 12.5. The first-order valence-corrected chi connectivity index (χ1v) is 14.2. The van der Waals surface area contributed by atoms with E-state index in [0.717, 1.165) is 43.3 Å².